The van der Waals surface area contributed by atoms with Crippen molar-refractivity contribution in [3.8, 4) is 0 Å². The smallest absolute Gasteiger partial charge is 0.242 e. The molecule has 0 spiro atoms. The van der Waals surface area contributed by atoms with Crippen molar-refractivity contribution in [1.82, 2.24) is 20.4 Å². The first-order valence-electron chi connectivity index (χ1n) is 8.46. The molecule has 0 aromatic heterocycles. The third-order valence-corrected chi connectivity index (χ3v) is 4.38. The lowest BCUT2D eigenvalue weighted by Crippen LogP contribution is -2.66. The van der Waals surface area contributed by atoms with Crippen molar-refractivity contribution in [1.29, 1.82) is 0 Å². The molecule has 0 aromatic rings. The highest BCUT2D eigenvalue weighted by Gasteiger charge is 2.41. The second-order valence-corrected chi connectivity index (χ2v) is 7.89. The minimum Gasteiger partial charge on any atom is -0.359 e. The summed E-state index contributed by atoms with van der Waals surface area (Å²) in [5.41, 5.74) is -0.846. The Morgan fingerprint density at radius 1 is 1.38 bits per heavy atom. The van der Waals surface area contributed by atoms with Gasteiger partial charge in [-0.15, -0.1) is 0 Å². The van der Waals surface area contributed by atoms with E-state index in [1.54, 1.807) is 14.1 Å². The number of carbonyl (C=O) groups is 2. The van der Waals surface area contributed by atoms with Gasteiger partial charge in [0.15, 0.2) is 5.96 Å². The molecular formula is C17H33N5O2. The van der Waals surface area contributed by atoms with E-state index in [0.29, 0.717) is 25.6 Å². The Bertz CT molecular complexity index is 511. The molecule has 0 saturated carbocycles. The molecule has 1 aliphatic heterocycles. The molecule has 1 heterocycles. The van der Waals surface area contributed by atoms with Gasteiger partial charge in [-0.1, -0.05) is 0 Å². The molecule has 0 atom stereocenters. The largest absolute Gasteiger partial charge is 0.359 e. The quantitative estimate of drug-likeness (QED) is 0.583. The zero-order valence-corrected chi connectivity index (χ0v) is 16.4. The molecule has 0 radical (unpaired) electrons. The number of piperazine rings is 1. The van der Waals surface area contributed by atoms with Gasteiger partial charge in [0, 0.05) is 33.2 Å². The summed E-state index contributed by atoms with van der Waals surface area (Å²) in [5.74, 6) is 0.707. The van der Waals surface area contributed by atoms with Crippen LogP contribution >= 0.6 is 0 Å². The van der Waals surface area contributed by atoms with Crippen molar-refractivity contribution in [3.63, 3.8) is 0 Å². The Morgan fingerprint density at radius 2 is 1.96 bits per heavy atom. The van der Waals surface area contributed by atoms with E-state index in [4.69, 9.17) is 0 Å². The summed E-state index contributed by atoms with van der Waals surface area (Å²) >= 11 is 0. The van der Waals surface area contributed by atoms with Crippen LogP contribution in [-0.2, 0) is 9.59 Å². The number of aliphatic imine (C=N–C) groups is 1. The molecule has 0 aromatic carbocycles. The van der Waals surface area contributed by atoms with E-state index < -0.39 is 5.41 Å². The van der Waals surface area contributed by atoms with Crippen molar-refractivity contribution >= 4 is 17.8 Å². The minimum absolute atomic E-state index is 0.0357. The number of carbonyl (C=O) groups excluding carboxylic acids is 2. The third kappa shape index (κ3) is 4.39. The van der Waals surface area contributed by atoms with Crippen LogP contribution in [0.4, 0.5) is 0 Å². The van der Waals surface area contributed by atoms with Crippen LogP contribution in [0.15, 0.2) is 4.99 Å². The molecule has 0 aliphatic carbocycles. The maximum Gasteiger partial charge on any atom is 0.242 e. The first-order chi connectivity index (χ1) is 11.0. The van der Waals surface area contributed by atoms with Gasteiger partial charge in [0.05, 0.1) is 17.5 Å². The molecule has 7 heteroatoms. The Hall–Kier alpha value is -1.79. The van der Waals surface area contributed by atoms with Crippen molar-refractivity contribution in [2.24, 2.45) is 10.4 Å². The molecule has 1 fully saturated rings. The second kappa shape index (κ2) is 7.40. The number of guanidine groups is 1. The fourth-order valence-electron chi connectivity index (χ4n) is 3.36. The highest BCUT2D eigenvalue weighted by atomic mass is 16.2. The van der Waals surface area contributed by atoms with Crippen LogP contribution in [0.25, 0.3) is 0 Å². The molecule has 0 bridgehead atoms. The summed E-state index contributed by atoms with van der Waals surface area (Å²) in [6.45, 7) is 13.4. The highest BCUT2D eigenvalue weighted by molar-refractivity contribution is 5.89. The molecule has 0 unspecified atom stereocenters. The van der Waals surface area contributed by atoms with Crippen molar-refractivity contribution in [2.45, 2.75) is 53.1 Å². The van der Waals surface area contributed by atoms with Crippen LogP contribution in [0.2, 0.25) is 0 Å². The molecule has 1 rings (SSSR count). The predicted molar refractivity (Wildman–Crippen MR) is 96.8 cm³/mol. The maximum absolute atomic E-state index is 12.6. The summed E-state index contributed by atoms with van der Waals surface area (Å²) in [4.78, 5) is 32.7. The van der Waals surface area contributed by atoms with E-state index in [1.807, 2.05) is 37.5 Å². The van der Waals surface area contributed by atoms with Crippen molar-refractivity contribution in [2.75, 3.05) is 33.7 Å². The summed E-state index contributed by atoms with van der Waals surface area (Å²) in [6.07, 6.45) is 0. The number of nitrogens with zero attached hydrogens (tertiary/aromatic N) is 3. The van der Waals surface area contributed by atoms with Gasteiger partial charge in [-0.3, -0.25) is 14.6 Å². The number of nitrogens with one attached hydrogen (secondary N) is 2. The van der Waals surface area contributed by atoms with Crippen LogP contribution < -0.4 is 10.6 Å². The molecule has 1 aliphatic rings. The van der Waals surface area contributed by atoms with Gasteiger partial charge < -0.3 is 20.4 Å². The topological polar surface area (TPSA) is 77.0 Å². The molecular weight excluding hydrogens is 306 g/mol. The van der Waals surface area contributed by atoms with E-state index in [9.17, 15) is 9.59 Å². The third-order valence-electron chi connectivity index (χ3n) is 4.38. The van der Waals surface area contributed by atoms with Gasteiger partial charge in [-0.05, 0) is 41.5 Å². The monoisotopic (exact) mass is 339 g/mol. The zero-order valence-electron chi connectivity index (χ0n) is 16.4. The van der Waals surface area contributed by atoms with E-state index in [0.717, 1.165) is 0 Å². The summed E-state index contributed by atoms with van der Waals surface area (Å²) in [5, 5.41) is 5.91. The molecule has 24 heavy (non-hydrogen) atoms. The zero-order chi connectivity index (χ0) is 18.7. The fourth-order valence-corrected chi connectivity index (χ4v) is 3.36. The van der Waals surface area contributed by atoms with Crippen molar-refractivity contribution < 1.29 is 9.59 Å². The normalized spacial score (nSPS) is 18.9. The maximum atomic E-state index is 12.6. The number of hydrogen-bond acceptors (Lipinski definition) is 3. The van der Waals surface area contributed by atoms with Crippen LogP contribution in [-0.4, -0.2) is 72.9 Å². The van der Waals surface area contributed by atoms with Gasteiger partial charge in [-0.2, -0.15) is 0 Å². The number of hydrogen-bond donors (Lipinski definition) is 2. The van der Waals surface area contributed by atoms with Gasteiger partial charge in [-0.25, -0.2) is 0 Å². The molecule has 2 amide bonds. The van der Waals surface area contributed by atoms with Crippen LogP contribution in [0, 0.1) is 5.41 Å². The summed E-state index contributed by atoms with van der Waals surface area (Å²) in [7, 11) is 3.33. The SMILES string of the molecule is CN=C(NCC(C)(C)C(=O)NC)N1CC(=O)N(C(C)C)C(C)(C)C1. The average molecular weight is 339 g/mol. The van der Waals surface area contributed by atoms with E-state index >= 15 is 0 Å². The summed E-state index contributed by atoms with van der Waals surface area (Å²) < 4.78 is 0. The van der Waals surface area contributed by atoms with Crippen LogP contribution in [0.3, 0.4) is 0 Å². The number of amides is 2. The van der Waals surface area contributed by atoms with Crippen LogP contribution in [0.1, 0.15) is 41.5 Å². The standard InChI is InChI=1S/C17H33N5O2/c1-12(2)22-13(23)9-21(11-17(22,5)6)15(19-8)20-10-16(3,4)14(24)18-7/h12H,9-11H2,1-8H3,(H,18,24)(H,19,20). The summed E-state index contributed by atoms with van der Waals surface area (Å²) in [6, 6.07) is 0.164. The lowest BCUT2D eigenvalue weighted by molar-refractivity contribution is -0.145. The predicted octanol–water partition coefficient (Wildman–Crippen LogP) is 0.665. The lowest BCUT2D eigenvalue weighted by atomic mass is 9.92. The van der Waals surface area contributed by atoms with Gasteiger partial charge in [0.1, 0.15) is 0 Å². The molecule has 2 N–H and O–H groups in total. The Labute approximate surface area is 145 Å². The van der Waals surface area contributed by atoms with Crippen LogP contribution in [0.5, 0.6) is 0 Å². The first-order valence-corrected chi connectivity index (χ1v) is 8.46. The number of rotatable bonds is 4. The first kappa shape index (κ1) is 20.3. The fraction of sp³-hybridized carbons (Fsp3) is 0.824. The van der Waals surface area contributed by atoms with E-state index in [1.165, 1.54) is 0 Å². The molecule has 1 saturated heterocycles. The van der Waals surface area contributed by atoms with Gasteiger partial charge >= 0.3 is 0 Å². The average Bonchev–Trinajstić information content (AvgIpc) is 2.44. The lowest BCUT2D eigenvalue weighted by Gasteiger charge is -2.49. The van der Waals surface area contributed by atoms with E-state index in [-0.39, 0.29) is 23.4 Å². The van der Waals surface area contributed by atoms with E-state index in [2.05, 4.69) is 29.5 Å². The van der Waals surface area contributed by atoms with Gasteiger partial charge in [0.25, 0.3) is 0 Å². The van der Waals surface area contributed by atoms with Crippen molar-refractivity contribution in [3.05, 3.63) is 0 Å². The van der Waals surface area contributed by atoms with Gasteiger partial charge in [0.2, 0.25) is 11.8 Å². The molecule has 138 valence electrons. The Morgan fingerprint density at radius 3 is 2.38 bits per heavy atom. The Kier molecular flexibility index (Phi) is 6.25. The Balaban J connectivity index is 2.85. The minimum atomic E-state index is -0.566. The molecule has 7 nitrogen and oxygen atoms in total. The second-order valence-electron chi connectivity index (χ2n) is 7.89. The highest BCUT2D eigenvalue weighted by Crippen LogP contribution is 2.24.